The molecule has 0 aliphatic carbocycles. The molecule has 1 heterocycles. The number of piperidine rings is 1. The molecule has 1 aromatic rings. The smallest absolute Gasteiger partial charge is 0.257 e. The van der Waals surface area contributed by atoms with Gasteiger partial charge in [0.1, 0.15) is 11.5 Å². The minimum atomic E-state index is 0.0270. The van der Waals surface area contributed by atoms with E-state index in [1.807, 2.05) is 4.90 Å². The van der Waals surface area contributed by atoms with Crippen molar-refractivity contribution in [3.05, 3.63) is 23.8 Å². The van der Waals surface area contributed by atoms with E-state index in [1.165, 1.54) is 6.42 Å². The van der Waals surface area contributed by atoms with Crippen LogP contribution in [0.3, 0.4) is 0 Å². The lowest BCUT2D eigenvalue weighted by molar-refractivity contribution is 0.0619. The summed E-state index contributed by atoms with van der Waals surface area (Å²) in [6.45, 7) is 6.00. The summed E-state index contributed by atoms with van der Waals surface area (Å²) in [6.07, 6.45) is 1.18. The molecule has 0 spiro atoms. The fourth-order valence-electron chi connectivity index (χ4n) is 2.98. The topological polar surface area (TPSA) is 38.8 Å². The number of hydrogen-bond acceptors (Lipinski definition) is 3. The van der Waals surface area contributed by atoms with Gasteiger partial charge in [-0.15, -0.1) is 0 Å². The van der Waals surface area contributed by atoms with Crippen molar-refractivity contribution in [2.24, 2.45) is 11.8 Å². The summed E-state index contributed by atoms with van der Waals surface area (Å²) in [5.74, 6) is 2.38. The summed E-state index contributed by atoms with van der Waals surface area (Å²) < 4.78 is 10.5. The van der Waals surface area contributed by atoms with E-state index in [1.54, 1.807) is 32.4 Å². The Balaban J connectivity index is 2.27. The summed E-state index contributed by atoms with van der Waals surface area (Å²) in [5.41, 5.74) is 0.577. The fourth-order valence-corrected chi connectivity index (χ4v) is 2.98. The molecule has 4 nitrogen and oxygen atoms in total. The molecule has 1 aliphatic rings. The van der Waals surface area contributed by atoms with Gasteiger partial charge < -0.3 is 14.4 Å². The van der Waals surface area contributed by atoms with E-state index < -0.39 is 0 Å². The molecule has 1 fully saturated rings. The van der Waals surface area contributed by atoms with E-state index in [0.29, 0.717) is 28.9 Å². The first-order valence-electron chi connectivity index (χ1n) is 7.06. The first-order chi connectivity index (χ1) is 9.55. The molecule has 4 heteroatoms. The highest BCUT2D eigenvalue weighted by molar-refractivity contribution is 5.97. The van der Waals surface area contributed by atoms with Gasteiger partial charge in [-0.05, 0) is 36.5 Å². The summed E-state index contributed by atoms with van der Waals surface area (Å²) in [7, 11) is 3.18. The third-order valence-corrected chi connectivity index (χ3v) is 3.79. The molecule has 0 N–H and O–H groups in total. The first kappa shape index (κ1) is 14.7. The number of carbonyl (C=O) groups is 1. The van der Waals surface area contributed by atoms with Gasteiger partial charge in [0.05, 0.1) is 19.8 Å². The molecule has 1 amide bonds. The van der Waals surface area contributed by atoms with Crippen molar-refractivity contribution in [1.82, 2.24) is 4.90 Å². The summed E-state index contributed by atoms with van der Waals surface area (Å²) in [6, 6.07) is 5.34. The molecule has 0 aromatic heterocycles. The van der Waals surface area contributed by atoms with E-state index in [4.69, 9.17) is 9.47 Å². The molecule has 20 heavy (non-hydrogen) atoms. The Labute approximate surface area is 120 Å². The van der Waals surface area contributed by atoms with Crippen LogP contribution in [-0.4, -0.2) is 38.1 Å². The Bertz CT molecular complexity index is 477. The van der Waals surface area contributed by atoms with Gasteiger partial charge in [-0.1, -0.05) is 13.8 Å². The van der Waals surface area contributed by atoms with Crippen LogP contribution in [0.25, 0.3) is 0 Å². The number of rotatable bonds is 3. The second kappa shape index (κ2) is 6.16. The molecule has 2 atom stereocenters. The van der Waals surface area contributed by atoms with E-state index in [9.17, 15) is 4.79 Å². The standard InChI is InChI=1S/C16H23NO3/c1-11-7-12(2)10-17(9-11)16(18)14-8-13(19-3)5-6-15(14)20-4/h5-6,8,11-12H,7,9-10H2,1-4H3. The molecule has 1 aliphatic heterocycles. The maximum Gasteiger partial charge on any atom is 0.257 e. The highest BCUT2D eigenvalue weighted by Crippen LogP contribution is 2.28. The normalized spacial score (nSPS) is 22.5. The van der Waals surface area contributed by atoms with E-state index in [-0.39, 0.29) is 5.91 Å². The number of carbonyl (C=O) groups excluding carboxylic acids is 1. The molecule has 0 bridgehead atoms. The lowest BCUT2D eigenvalue weighted by Gasteiger charge is -2.35. The molecule has 1 saturated heterocycles. The van der Waals surface area contributed by atoms with Gasteiger partial charge in [0.2, 0.25) is 0 Å². The maximum atomic E-state index is 12.7. The van der Waals surface area contributed by atoms with Crippen molar-refractivity contribution in [3.8, 4) is 11.5 Å². The van der Waals surface area contributed by atoms with Crippen molar-refractivity contribution in [3.63, 3.8) is 0 Å². The van der Waals surface area contributed by atoms with E-state index >= 15 is 0 Å². The van der Waals surface area contributed by atoms with Crippen LogP contribution in [0.4, 0.5) is 0 Å². The molecular formula is C16H23NO3. The number of amides is 1. The maximum absolute atomic E-state index is 12.7. The third kappa shape index (κ3) is 3.06. The van der Waals surface area contributed by atoms with Gasteiger partial charge >= 0.3 is 0 Å². The Morgan fingerprint density at radius 3 is 2.35 bits per heavy atom. The van der Waals surface area contributed by atoms with Crippen LogP contribution in [0.2, 0.25) is 0 Å². The zero-order chi connectivity index (χ0) is 14.7. The number of benzene rings is 1. The largest absolute Gasteiger partial charge is 0.497 e. The molecule has 1 aromatic carbocycles. The van der Waals surface area contributed by atoms with Gasteiger partial charge in [0, 0.05) is 13.1 Å². The van der Waals surface area contributed by atoms with Crippen LogP contribution in [0.1, 0.15) is 30.6 Å². The minimum absolute atomic E-state index is 0.0270. The number of ether oxygens (including phenoxy) is 2. The molecule has 0 saturated carbocycles. The summed E-state index contributed by atoms with van der Waals surface area (Å²) in [4.78, 5) is 14.7. The highest BCUT2D eigenvalue weighted by Gasteiger charge is 2.27. The van der Waals surface area contributed by atoms with Gasteiger partial charge in [0.25, 0.3) is 5.91 Å². The van der Waals surface area contributed by atoms with E-state index in [2.05, 4.69) is 13.8 Å². The summed E-state index contributed by atoms with van der Waals surface area (Å²) >= 11 is 0. The molecule has 110 valence electrons. The Kier molecular flexibility index (Phi) is 4.53. The summed E-state index contributed by atoms with van der Waals surface area (Å²) in [5, 5.41) is 0. The SMILES string of the molecule is COc1ccc(OC)c(C(=O)N2CC(C)CC(C)C2)c1. The van der Waals surface area contributed by atoms with Crippen molar-refractivity contribution in [2.45, 2.75) is 20.3 Å². The molecule has 2 rings (SSSR count). The highest BCUT2D eigenvalue weighted by atomic mass is 16.5. The monoisotopic (exact) mass is 277 g/mol. The predicted octanol–water partition coefficient (Wildman–Crippen LogP) is 2.82. The van der Waals surface area contributed by atoms with Crippen molar-refractivity contribution in [1.29, 1.82) is 0 Å². The third-order valence-electron chi connectivity index (χ3n) is 3.79. The van der Waals surface area contributed by atoms with Crippen LogP contribution < -0.4 is 9.47 Å². The Hall–Kier alpha value is -1.71. The van der Waals surface area contributed by atoms with Gasteiger partial charge in [-0.2, -0.15) is 0 Å². The molecule has 0 radical (unpaired) electrons. The van der Waals surface area contributed by atoms with E-state index in [0.717, 1.165) is 13.1 Å². The van der Waals surface area contributed by atoms with Crippen LogP contribution in [0.5, 0.6) is 11.5 Å². The molecular weight excluding hydrogens is 254 g/mol. The first-order valence-corrected chi connectivity index (χ1v) is 7.06. The zero-order valence-corrected chi connectivity index (χ0v) is 12.7. The zero-order valence-electron chi connectivity index (χ0n) is 12.7. The number of nitrogens with zero attached hydrogens (tertiary/aromatic N) is 1. The fraction of sp³-hybridized carbons (Fsp3) is 0.562. The Morgan fingerprint density at radius 2 is 1.80 bits per heavy atom. The lowest BCUT2D eigenvalue weighted by atomic mass is 9.91. The second-order valence-electron chi connectivity index (χ2n) is 5.72. The average molecular weight is 277 g/mol. The molecule has 2 unspecified atom stereocenters. The van der Waals surface area contributed by atoms with Crippen molar-refractivity contribution >= 4 is 5.91 Å². The van der Waals surface area contributed by atoms with Gasteiger partial charge in [0.15, 0.2) is 0 Å². The predicted molar refractivity (Wildman–Crippen MR) is 78.4 cm³/mol. The van der Waals surface area contributed by atoms with Crippen LogP contribution in [0, 0.1) is 11.8 Å². The van der Waals surface area contributed by atoms with Crippen LogP contribution in [-0.2, 0) is 0 Å². The second-order valence-corrected chi connectivity index (χ2v) is 5.72. The number of hydrogen-bond donors (Lipinski definition) is 0. The van der Waals surface area contributed by atoms with Crippen LogP contribution in [0.15, 0.2) is 18.2 Å². The average Bonchev–Trinajstić information content (AvgIpc) is 2.44. The number of likely N-dealkylation sites (tertiary alicyclic amines) is 1. The quantitative estimate of drug-likeness (QED) is 0.852. The number of methoxy groups -OCH3 is 2. The van der Waals surface area contributed by atoms with Gasteiger partial charge in [-0.3, -0.25) is 4.79 Å². The van der Waals surface area contributed by atoms with Crippen LogP contribution >= 0.6 is 0 Å². The lowest BCUT2D eigenvalue weighted by Crippen LogP contribution is -2.42. The Morgan fingerprint density at radius 1 is 1.15 bits per heavy atom. The minimum Gasteiger partial charge on any atom is -0.497 e. The van der Waals surface area contributed by atoms with Crippen molar-refractivity contribution in [2.75, 3.05) is 27.3 Å². The van der Waals surface area contributed by atoms with Crippen molar-refractivity contribution < 1.29 is 14.3 Å². The van der Waals surface area contributed by atoms with Gasteiger partial charge in [-0.25, -0.2) is 0 Å².